The summed E-state index contributed by atoms with van der Waals surface area (Å²) in [5.41, 5.74) is 2.83. The van der Waals surface area contributed by atoms with Gasteiger partial charge < -0.3 is 15.4 Å². The van der Waals surface area contributed by atoms with E-state index in [1.165, 1.54) is 5.57 Å². The summed E-state index contributed by atoms with van der Waals surface area (Å²) >= 11 is 0. The minimum Gasteiger partial charge on any atom is -0.489 e. The Morgan fingerprint density at radius 2 is 1.88 bits per heavy atom. The molecular formula is C20H22N2O2. The van der Waals surface area contributed by atoms with Gasteiger partial charge in [0.1, 0.15) is 12.4 Å². The molecule has 1 amide bonds. The fourth-order valence-corrected chi connectivity index (χ4v) is 2.66. The van der Waals surface area contributed by atoms with Gasteiger partial charge in [-0.3, -0.25) is 4.79 Å². The Morgan fingerprint density at radius 1 is 1.08 bits per heavy atom. The molecule has 0 fully saturated rings. The van der Waals surface area contributed by atoms with E-state index in [1.807, 2.05) is 54.6 Å². The number of para-hydroxylation sites is 1. The summed E-state index contributed by atoms with van der Waals surface area (Å²) in [5.74, 6) is 0.745. The van der Waals surface area contributed by atoms with Crippen molar-refractivity contribution in [1.82, 2.24) is 10.6 Å². The lowest BCUT2D eigenvalue weighted by Crippen LogP contribution is -2.30. The minimum atomic E-state index is -0.0540. The van der Waals surface area contributed by atoms with Crippen LogP contribution in [0.15, 0.2) is 66.2 Å². The molecule has 0 spiro atoms. The van der Waals surface area contributed by atoms with Crippen molar-refractivity contribution in [1.29, 1.82) is 0 Å². The zero-order valence-electron chi connectivity index (χ0n) is 13.6. The van der Waals surface area contributed by atoms with Gasteiger partial charge in [-0.15, -0.1) is 0 Å². The van der Waals surface area contributed by atoms with Gasteiger partial charge in [-0.1, -0.05) is 48.0 Å². The minimum absolute atomic E-state index is 0.0540. The maximum absolute atomic E-state index is 12.5. The maximum Gasteiger partial charge on any atom is 0.251 e. The van der Waals surface area contributed by atoms with Crippen LogP contribution in [0.25, 0.3) is 0 Å². The van der Waals surface area contributed by atoms with Gasteiger partial charge in [-0.2, -0.15) is 0 Å². The number of amides is 1. The van der Waals surface area contributed by atoms with Crippen LogP contribution in [0.3, 0.4) is 0 Å². The van der Waals surface area contributed by atoms with Crippen LogP contribution in [-0.2, 0) is 6.61 Å². The van der Waals surface area contributed by atoms with Crippen LogP contribution in [0.4, 0.5) is 0 Å². The van der Waals surface area contributed by atoms with E-state index in [0.717, 1.165) is 30.8 Å². The highest BCUT2D eigenvalue weighted by Crippen LogP contribution is 2.15. The number of carbonyl (C=O) groups is 1. The third-order valence-electron chi connectivity index (χ3n) is 4.03. The highest BCUT2D eigenvalue weighted by atomic mass is 16.5. The fraction of sp³-hybridized carbons (Fsp3) is 0.250. The van der Waals surface area contributed by atoms with Gasteiger partial charge in [0.2, 0.25) is 0 Å². The zero-order valence-corrected chi connectivity index (χ0v) is 13.6. The average molecular weight is 322 g/mol. The van der Waals surface area contributed by atoms with Crippen LogP contribution in [0, 0.1) is 0 Å². The van der Waals surface area contributed by atoms with Gasteiger partial charge in [0.15, 0.2) is 0 Å². The van der Waals surface area contributed by atoms with Crippen LogP contribution in [0.1, 0.15) is 22.3 Å². The predicted octanol–water partition coefficient (Wildman–Crippen LogP) is 2.92. The lowest BCUT2D eigenvalue weighted by atomic mass is 10.1. The molecule has 1 aliphatic rings. The smallest absolute Gasteiger partial charge is 0.251 e. The molecule has 24 heavy (non-hydrogen) atoms. The van der Waals surface area contributed by atoms with Crippen LogP contribution in [-0.4, -0.2) is 25.5 Å². The Kier molecular flexibility index (Phi) is 5.64. The molecule has 0 saturated carbocycles. The summed E-state index contributed by atoms with van der Waals surface area (Å²) in [4.78, 5) is 12.5. The third-order valence-corrected chi connectivity index (χ3v) is 4.03. The van der Waals surface area contributed by atoms with Crippen molar-refractivity contribution >= 4 is 5.91 Å². The molecule has 4 nitrogen and oxygen atoms in total. The lowest BCUT2D eigenvalue weighted by Gasteiger charge is -2.15. The number of hydrogen-bond donors (Lipinski definition) is 2. The van der Waals surface area contributed by atoms with Crippen molar-refractivity contribution in [2.24, 2.45) is 0 Å². The molecule has 0 saturated heterocycles. The van der Waals surface area contributed by atoms with E-state index >= 15 is 0 Å². The van der Waals surface area contributed by atoms with Crippen molar-refractivity contribution < 1.29 is 9.53 Å². The summed E-state index contributed by atoms with van der Waals surface area (Å²) in [6, 6.07) is 17.2. The first-order valence-electron chi connectivity index (χ1n) is 8.25. The molecule has 2 aromatic carbocycles. The van der Waals surface area contributed by atoms with E-state index in [4.69, 9.17) is 4.74 Å². The summed E-state index contributed by atoms with van der Waals surface area (Å²) in [5, 5.41) is 6.29. The van der Waals surface area contributed by atoms with Crippen LogP contribution in [0.2, 0.25) is 0 Å². The topological polar surface area (TPSA) is 50.4 Å². The molecule has 4 heteroatoms. The van der Waals surface area contributed by atoms with E-state index in [1.54, 1.807) is 0 Å². The number of benzene rings is 2. The van der Waals surface area contributed by atoms with Gasteiger partial charge in [0.05, 0.1) is 0 Å². The Morgan fingerprint density at radius 3 is 2.67 bits per heavy atom. The number of carbonyl (C=O) groups excluding carboxylic acids is 1. The Hall–Kier alpha value is -2.59. The summed E-state index contributed by atoms with van der Waals surface area (Å²) in [6.45, 7) is 2.84. The molecule has 0 unspecified atom stereocenters. The molecule has 0 atom stereocenters. The molecular weight excluding hydrogens is 300 g/mol. The van der Waals surface area contributed by atoms with Crippen molar-refractivity contribution in [2.45, 2.75) is 13.0 Å². The molecule has 0 radical (unpaired) electrons. The van der Waals surface area contributed by atoms with Gasteiger partial charge in [0, 0.05) is 24.2 Å². The lowest BCUT2D eigenvalue weighted by molar-refractivity contribution is 0.0954. The normalized spacial score (nSPS) is 13.9. The molecule has 1 heterocycles. The number of ether oxygens (including phenoxy) is 1. The van der Waals surface area contributed by atoms with E-state index in [2.05, 4.69) is 16.7 Å². The van der Waals surface area contributed by atoms with Crippen molar-refractivity contribution in [3.8, 4) is 5.75 Å². The van der Waals surface area contributed by atoms with Gasteiger partial charge >= 0.3 is 0 Å². The maximum atomic E-state index is 12.5. The molecule has 0 bridgehead atoms. The SMILES string of the molecule is O=C(NCC1=CCNCC1)c1ccccc1COc1ccccc1. The van der Waals surface area contributed by atoms with Crippen LogP contribution in [0.5, 0.6) is 5.75 Å². The predicted molar refractivity (Wildman–Crippen MR) is 95.1 cm³/mol. The fourth-order valence-electron chi connectivity index (χ4n) is 2.66. The highest BCUT2D eigenvalue weighted by Gasteiger charge is 2.12. The first-order valence-corrected chi connectivity index (χ1v) is 8.25. The van der Waals surface area contributed by atoms with E-state index in [9.17, 15) is 4.79 Å². The van der Waals surface area contributed by atoms with Crippen molar-refractivity contribution in [3.63, 3.8) is 0 Å². The first kappa shape index (κ1) is 16.3. The molecule has 0 aromatic heterocycles. The van der Waals surface area contributed by atoms with E-state index in [-0.39, 0.29) is 5.91 Å². The molecule has 124 valence electrons. The number of rotatable bonds is 6. The summed E-state index contributed by atoms with van der Waals surface area (Å²) in [7, 11) is 0. The molecule has 2 N–H and O–H groups in total. The Bertz CT molecular complexity index is 711. The second kappa shape index (κ2) is 8.31. The third kappa shape index (κ3) is 4.46. The molecule has 1 aliphatic heterocycles. The largest absolute Gasteiger partial charge is 0.489 e. The molecule has 0 aliphatic carbocycles. The summed E-state index contributed by atoms with van der Waals surface area (Å²) < 4.78 is 5.78. The standard InChI is InChI=1S/C20H22N2O2/c23-20(22-14-16-10-12-21-13-11-16)19-9-5-4-6-17(19)15-24-18-7-2-1-3-8-18/h1-10,21H,11-15H2,(H,22,23). The van der Waals surface area contributed by atoms with Crippen molar-refractivity contribution in [3.05, 3.63) is 77.4 Å². The highest BCUT2D eigenvalue weighted by molar-refractivity contribution is 5.95. The Labute approximate surface area is 142 Å². The zero-order chi connectivity index (χ0) is 16.6. The Balaban J connectivity index is 1.62. The number of nitrogens with one attached hydrogen (secondary N) is 2. The van der Waals surface area contributed by atoms with E-state index < -0.39 is 0 Å². The van der Waals surface area contributed by atoms with Crippen LogP contribution < -0.4 is 15.4 Å². The molecule has 2 aromatic rings. The van der Waals surface area contributed by atoms with Crippen molar-refractivity contribution in [2.75, 3.05) is 19.6 Å². The quantitative estimate of drug-likeness (QED) is 0.804. The molecule has 3 rings (SSSR count). The van der Waals surface area contributed by atoms with Gasteiger partial charge in [0.25, 0.3) is 5.91 Å². The monoisotopic (exact) mass is 322 g/mol. The van der Waals surface area contributed by atoms with Crippen LogP contribution >= 0.6 is 0 Å². The average Bonchev–Trinajstić information content (AvgIpc) is 2.66. The first-order chi connectivity index (χ1) is 11.8. The number of hydrogen-bond acceptors (Lipinski definition) is 3. The van der Waals surface area contributed by atoms with Gasteiger partial charge in [-0.05, 0) is 31.2 Å². The second-order valence-electron chi connectivity index (χ2n) is 5.76. The van der Waals surface area contributed by atoms with E-state index in [0.29, 0.717) is 18.7 Å². The second-order valence-corrected chi connectivity index (χ2v) is 5.76. The summed E-state index contributed by atoms with van der Waals surface area (Å²) in [6.07, 6.45) is 3.13. The van der Waals surface area contributed by atoms with Gasteiger partial charge in [-0.25, -0.2) is 0 Å².